The Labute approximate surface area is 125 Å². The summed E-state index contributed by atoms with van der Waals surface area (Å²) in [5, 5.41) is 4.59. The van der Waals surface area contributed by atoms with Crippen LogP contribution in [0.5, 0.6) is 0 Å². The molecule has 110 valence electrons. The Morgan fingerprint density at radius 2 is 2.15 bits per heavy atom. The molecule has 3 aliphatic rings. The maximum atomic E-state index is 5.01. The van der Waals surface area contributed by atoms with E-state index in [9.17, 15) is 0 Å². The highest BCUT2D eigenvalue weighted by atomic mass is 32.1. The molecule has 5 heteroatoms. The van der Waals surface area contributed by atoms with Crippen LogP contribution >= 0.6 is 11.3 Å². The van der Waals surface area contributed by atoms with Crippen LogP contribution in [0.15, 0.2) is 0 Å². The third-order valence-electron chi connectivity index (χ3n) is 4.88. The van der Waals surface area contributed by atoms with E-state index in [2.05, 4.69) is 15.1 Å². The van der Waals surface area contributed by atoms with Crippen molar-refractivity contribution >= 4 is 16.5 Å². The van der Waals surface area contributed by atoms with Gasteiger partial charge in [-0.25, -0.2) is 4.98 Å². The van der Waals surface area contributed by atoms with Gasteiger partial charge in [-0.15, -0.1) is 11.3 Å². The van der Waals surface area contributed by atoms with E-state index < -0.39 is 0 Å². The van der Waals surface area contributed by atoms with E-state index >= 15 is 0 Å². The van der Waals surface area contributed by atoms with Crippen molar-refractivity contribution in [2.75, 3.05) is 38.1 Å². The van der Waals surface area contributed by atoms with Gasteiger partial charge in [0.15, 0.2) is 5.13 Å². The van der Waals surface area contributed by atoms with E-state index in [4.69, 9.17) is 4.98 Å². The van der Waals surface area contributed by atoms with Gasteiger partial charge in [-0.05, 0) is 39.3 Å². The molecule has 4 nitrogen and oxygen atoms in total. The molecular formula is C15H24N4S. The van der Waals surface area contributed by atoms with E-state index in [0.29, 0.717) is 0 Å². The molecule has 1 atom stereocenters. The van der Waals surface area contributed by atoms with Crippen LogP contribution in [0.1, 0.15) is 42.2 Å². The summed E-state index contributed by atoms with van der Waals surface area (Å²) in [6, 6.07) is 0.782. The molecule has 1 aromatic heterocycles. The zero-order valence-corrected chi connectivity index (χ0v) is 13.1. The van der Waals surface area contributed by atoms with Gasteiger partial charge in [-0.3, -0.25) is 4.90 Å². The Hall–Kier alpha value is -0.650. The first-order valence-electron chi connectivity index (χ1n) is 7.98. The van der Waals surface area contributed by atoms with E-state index in [0.717, 1.165) is 25.0 Å². The fraction of sp³-hybridized carbons (Fsp3) is 0.800. The number of thiazole rings is 1. The first-order valence-corrected chi connectivity index (χ1v) is 8.80. The second kappa shape index (κ2) is 5.28. The molecule has 0 spiro atoms. The van der Waals surface area contributed by atoms with Crippen molar-refractivity contribution in [3.05, 3.63) is 10.6 Å². The van der Waals surface area contributed by atoms with E-state index in [1.807, 2.05) is 18.4 Å². The van der Waals surface area contributed by atoms with Crippen molar-refractivity contribution in [3.63, 3.8) is 0 Å². The van der Waals surface area contributed by atoms with Crippen LogP contribution in [-0.2, 0) is 6.54 Å². The molecule has 4 rings (SSSR count). The standard InChI is InChI=1S/C15H24N4S/c1-16-9-13-14(11-4-5-11)17-15(20-13)19-8-7-18-6-2-3-12(18)10-19/h11-12,16H,2-10H2,1H3. The molecule has 0 radical (unpaired) electrons. The zero-order chi connectivity index (χ0) is 13.5. The number of hydrogen-bond acceptors (Lipinski definition) is 5. The quantitative estimate of drug-likeness (QED) is 0.920. The Bertz CT molecular complexity index is 482. The number of fused-ring (bicyclic) bond motifs is 1. The maximum Gasteiger partial charge on any atom is 0.185 e. The third-order valence-corrected chi connectivity index (χ3v) is 6.01. The minimum Gasteiger partial charge on any atom is -0.345 e. The second-order valence-electron chi connectivity index (χ2n) is 6.39. The molecule has 1 aliphatic carbocycles. The third kappa shape index (κ3) is 2.36. The lowest BCUT2D eigenvalue weighted by Gasteiger charge is -2.37. The normalized spacial score (nSPS) is 27.1. The van der Waals surface area contributed by atoms with Gasteiger partial charge in [0, 0.05) is 43.0 Å². The fourth-order valence-electron chi connectivity index (χ4n) is 3.61. The molecule has 2 saturated heterocycles. The molecule has 0 amide bonds. The van der Waals surface area contributed by atoms with Gasteiger partial charge in [0.25, 0.3) is 0 Å². The van der Waals surface area contributed by atoms with Crippen LogP contribution < -0.4 is 10.2 Å². The number of piperazine rings is 1. The lowest BCUT2D eigenvalue weighted by atomic mass is 10.2. The smallest absolute Gasteiger partial charge is 0.185 e. The first kappa shape index (κ1) is 13.0. The van der Waals surface area contributed by atoms with Crippen LogP contribution in [0.25, 0.3) is 0 Å². The minimum atomic E-state index is 0.760. The highest BCUT2D eigenvalue weighted by molar-refractivity contribution is 7.15. The topological polar surface area (TPSA) is 31.4 Å². The number of rotatable bonds is 4. The fourth-order valence-corrected chi connectivity index (χ4v) is 4.81. The number of anilines is 1. The lowest BCUT2D eigenvalue weighted by molar-refractivity contribution is 0.231. The Morgan fingerprint density at radius 3 is 2.95 bits per heavy atom. The number of nitrogens with one attached hydrogen (secondary N) is 1. The number of aromatic nitrogens is 1. The van der Waals surface area contributed by atoms with Crippen molar-refractivity contribution in [1.82, 2.24) is 15.2 Å². The van der Waals surface area contributed by atoms with Crippen molar-refractivity contribution in [1.29, 1.82) is 0 Å². The highest BCUT2D eigenvalue weighted by Gasteiger charge is 2.34. The zero-order valence-electron chi connectivity index (χ0n) is 12.3. The summed E-state index contributed by atoms with van der Waals surface area (Å²) in [4.78, 5) is 11.7. The summed E-state index contributed by atoms with van der Waals surface area (Å²) in [6.07, 6.45) is 5.45. The van der Waals surface area contributed by atoms with Gasteiger partial charge in [0.2, 0.25) is 0 Å². The van der Waals surface area contributed by atoms with Gasteiger partial charge >= 0.3 is 0 Å². The molecule has 0 bridgehead atoms. The van der Waals surface area contributed by atoms with Crippen LogP contribution in [0.3, 0.4) is 0 Å². The van der Waals surface area contributed by atoms with Crippen molar-refractivity contribution in [2.24, 2.45) is 0 Å². The first-order chi connectivity index (χ1) is 9.85. The molecule has 0 aromatic carbocycles. The second-order valence-corrected chi connectivity index (χ2v) is 7.45. The van der Waals surface area contributed by atoms with Gasteiger partial charge in [0.1, 0.15) is 0 Å². The molecule has 1 saturated carbocycles. The average Bonchev–Trinajstić information content (AvgIpc) is 3.05. The predicted molar refractivity (Wildman–Crippen MR) is 83.7 cm³/mol. The van der Waals surface area contributed by atoms with Gasteiger partial charge in [-0.1, -0.05) is 0 Å². The molecule has 20 heavy (non-hydrogen) atoms. The molecule has 1 aromatic rings. The molecule has 1 N–H and O–H groups in total. The van der Waals surface area contributed by atoms with Crippen LogP contribution in [0, 0.1) is 0 Å². The molecule has 3 fully saturated rings. The van der Waals surface area contributed by atoms with Crippen LogP contribution in [0.2, 0.25) is 0 Å². The van der Waals surface area contributed by atoms with Crippen LogP contribution in [0.4, 0.5) is 5.13 Å². The summed E-state index contributed by atoms with van der Waals surface area (Å²) in [5.74, 6) is 0.760. The summed E-state index contributed by atoms with van der Waals surface area (Å²) >= 11 is 1.93. The summed E-state index contributed by atoms with van der Waals surface area (Å²) < 4.78 is 0. The number of hydrogen-bond donors (Lipinski definition) is 1. The molecule has 3 heterocycles. The van der Waals surface area contributed by atoms with Crippen molar-refractivity contribution in [3.8, 4) is 0 Å². The molecule has 2 aliphatic heterocycles. The Balaban J connectivity index is 1.54. The van der Waals surface area contributed by atoms with Gasteiger partial charge < -0.3 is 10.2 Å². The van der Waals surface area contributed by atoms with Crippen molar-refractivity contribution in [2.45, 2.75) is 44.2 Å². The minimum absolute atomic E-state index is 0.760. The van der Waals surface area contributed by atoms with E-state index in [1.165, 1.54) is 61.0 Å². The molecular weight excluding hydrogens is 268 g/mol. The molecule has 1 unspecified atom stereocenters. The van der Waals surface area contributed by atoms with E-state index in [1.54, 1.807) is 0 Å². The average molecular weight is 292 g/mol. The monoisotopic (exact) mass is 292 g/mol. The van der Waals surface area contributed by atoms with Crippen LogP contribution in [-0.4, -0.2) is 49.2 Å². The van der Waals surface area contributed by atoms with Gasteiger partial charge in [-0.2, -0.15) is 0 Å². The summed E-state index contributed by atoms with van der Waals surface area (Å²) in [7, 11) is 2.04. The van der Waals surface area contributed by atoms with Crippen molar-refractivity contribution < 1.29 is 0 Å². The predicted octanol–water partition coefficient (Wildman–Crippen LogP) is 2.02. The Morgan fingerprint density at radius 1 is 1.25 bits per heavy atom. The largest absolute Gasteiger partial charge is 0.345 e. The van der Waals surface area contributed by atoms with Gasteiger partial charge in [0.05, 0.1) is 5.69 Å². The lowest BCUT2D eigenvalue weighted by Crippen LogP contribution is -2.50. The number of nitrogens with zero attached hydrogens (tertiary/aromatic N) is 3. The highest BCUT2D eigenvalue weighted by Crippen LogP contribution is 2.44. The Kier molecular flexibility index (Phi) is 3.44. The summed E-state index contributed by atoms with van der Waals surface area (Å²) in [6.45, 7) is 5.87. The maximum absolute atomic E-state index is 5.01. The summed E-state index contributed by atoms with van der Waals surface area (Å²) in [5.41, 5.74) is 1.40. The van der Waals surface area contributed by atoms with E-state index in [-0.39, 0.29) is 0 Å². The SMILES string of the molecule is CNCc1sc(N2CCN3CCCC3C2)nc1C1CC1.